The van der Waals surface area contributed by atoms with Crippen molar-refractivity contribution in [3.8, 4) is 0 Å². The van der Waals surface area contributed by atoms with E-state index in [0.717, 1.165) is 25.2 Å². The fraction of sp³-hybridized carbons (Fsp3) is 0.815. The highest BCUT2D eigenvalue weighted by Gasteiger charge is 2.29. The van der Waals surface area contributed by atoms with E-state index in [2.05, 4.69) is 27.4 Å². The summed E-state index contributed by atoms with van der Waals surface area (Å²) in [7, 11) is 0. The van der Waals surface area contributed by atoms with Gasteiger partial charge in [0.05, 0.1) is 11.8 Å². The van der Waals surface area contributed by atoms with Gasteiger partial charge >= 0.3 is 17.9 Å². The molecule has 192 valence electrons. The highest BCUT2D eigenvalue weighted by atomic mass is 16.5. The van der Waals surface area contributed by atoms with Crippen molar-refractivity contribution in [2.45, 2.75) is 123 Å². The molecule has 2 N–H and O–H groups in total. The Morgan fingerprint density at radius 3 is 1.64 bits per heavy atom. The SMILES string of the molecule is C=CC(=O)OC(CCCCCCC)CCCCCC(C)C.O=C(O)C1CCC(C(=O)O)CC1. The number of carbonyl (C=O) groups excluding carboxylic acids is 1. The van der Waals surface area contributed by atoms with E-state index in [1.54, 1.807) is 0 Å². The number of ether oxygens (including phenoxy) is 1. The number of hydrogen-bond donors (Lipinski definition) is 2. The van der Waals surface area contributed by atoms with Gasteiger partial charge in [0.15, 0.2) is 0 Å². The normalized spacial score (nSPS) is 18.7. The molecule has 0 heterocycles. The first kappa shape index (κ1) is 31.1. The molecule has 1 aliphatic rings. The first-order chi connectivity index (χ1) is 15.7. The van der Waals surface area contributed by atoms with Gasteiger partial charge in [0.25, 0.3) is 0 Å². The summed E-state index contributed by atoms with van der Waals surface area (Å²) in [5.41, 5.74) is 0. The Labute approximate surface area is 201 Å². The van der Waals surface area contributed by atoms with E-state index in [4.69, 9.17) is 14.9 Å². The molecule has 0 bridgehead atoms. The molecular weight excluding hydrogens is 420 g/mol. The Hall–Kier alpha value is -1.85. The van der Waals surface area contributed by atoms with Crippen molar-refractivity contribution >= 4 is 17.9 Å². The molecule has 0 amide bonds. The second-order valence-electron chi connectivity index (χ2n) is 9.72. The summed E-state index contributed by atoms with van der Waals surface area (Å²) in [6.07, 6.45) is 16.7. The standard InChI is InChI=1S/C19H36O2.C8H12O4/c1-5-7-8-9-12-15-18(21-19(20)6-2)16-13-10-11-14-17(3)4;9-7(10)5-1-2-6(4-3-5)8(11)12/h6,17-18H,2,5,7-16H2,1,3-4H3;5-6H,1-4H2,(H,9,10)(H,11,12). The molecule has 0 radical (unpaired) electrons. The second kappa shape index (κ2) is 19.6. The molecule has 1 saturated carbocycles. The molecule has 6 nitrogen and oxygen atoms in total. The Morgan fingerprint density at radius 1 is 0.818 bits per heavy atom. The molecule has 1 rings (SSSR count). The largest absolute Gasteiger partial charge is 0.481 e. The summed E-state index contributed by atoms with van der Waals surface area (Å²) < 4.78 is 5.48. The van der Waals surface area contributed by atoms with Crippen molar-refractivity contribution in [2.75, 3.05) is 0 Å². The molecule has 1 aliphatic carbocycles. The van der Waals surface area contributed by atoms with Crippen molar-refractivity contribution in [1.29, 1.82) is 0 Å². The molecule has 0 saturated heterocycles. The lowest BCUT2D eigenvalue weighted by atomic mass is 9.82. The van der Waals surface area contributed by atoms with Crippen LogP contribution in [0.1, 0.15) is 117 Å². The van der Waals surface area contributed by atoms with Gasteiger partial charge in [0, 0.05) is 6.08 Å². The number of esters is 1. The third-order valence-electron chi connectivity index (χ3n) is 6.31. The van der Waals surface area contributed by atoms with Crippen LogP contribution in [0.25, 0.3) is 0 Å². The number of carboxylic acid groups (broad SMARTS) is 2. The number of aliphatic carboxylic acids is 2. The van der Waals surface area contributed by atoms with Gasteiger partial charge in [0.1, 0.15) is 6.10 Å². The summed E-state index contributed by atoms with van der Waals surface area (Å²) in [5.74, 6) is -1.70. The van der Waals surface area contributed by atoms with Gasteiger partial charge < -0.3 is 14.9 Å². The monoisotopic (exact) mass is 468 g/mol. The van der Waals surface area contributed by atoms with Crippen LogP contribution in [0.3, 0.4) is 0 Å². The van der Waals surface area contributed by atoms with Crippen molar-refractivity contribution in [2.24, 2.45) is 17.8 Å². The van der Waals surface area contributed by atoms with Crippen LogP contribution >= 0.6 is 0 Å². The van der Waals surface area contributed by atoms with Gasteiger partial charge in [-0.05, 0) is 57.3 Å². The third-order valence-corrected chi connectivity index (χ3v) is 6.31. The topological polar surface area (TPSA) is 101 Å². The molecule has 0 aromatic carbocycles. The molecule has 0 aromatic rings. The fourth-order valence-electron chi connectivity index (χ4n) is 4.14. The number of unbranched alkanes of at least 4 members (excludes halogenated alkanes) is 6. The summed E-state index contributed by atoms with van der Waals surface area (Å²) in [6.45, 7) is 10.3. The lowest BCUT2D eigenvalue weighted by Gasteiger charge is -2.22. The van der Waals surface area contributed by atoms with Crippen molar-refractivity contribution in [1.82, 2.24) is 0 Å². The quantitative estimate of drug-likeness (QED) is 0.143. The molecule has 6 heteroatoms. The number of rotatable bonds is 16. The summed E-state index contributed by atoms with van der Waals surface area (Å²) >= 11 is 0. The molecule has 33 heavy (non-hydrogen) atoms. The van der Waals surface area contributed by atoms with E-state index in [9.17, 15) is 14.4 Å². The van der Waals surface area contributed by atoms with Gasteiger partial charge in [-0.2, -0.15) is 0 Å². The third kappa shape index (κ3) is 17.3. The molecular formula is C27H48O6. The Kier molecular flexibility index (Phi) is 18.5. The fourth-order valence-corrected chi connectivity index (χ4v) is 4.14. The zero-order chi connectivity index (χ0) is 25.1. The molecule has 0 aromatic heterocycles. The first-order valence-electron chi connectivity index (χ1n) is 13.0. The van der Waals surface area contributed by atoms with Crippen LogP contribution in [0, 0.1) is 17.8 Å². The summed E-state index contributed by atoms with van der Waals surface area (Å²) in [5, 5.41) is 17.2. The smallest absolute Gasteiger partial charge is 0.330 e. The molecule has 1 fully saturated rings. The van der Waals surface area contributed by atoms with E-state index in [1.807, 2.05) is 0 Å². The lowest BCUT2D eigenvalue weighted by molar-refractivity contribution is -0.148. The number of hydrogen-bond acceptors (Lipinski definition) is 4. The van der Waals surface area contributed by atoms with Crippen LogP contribution in [0.5, 0.6) is 0 Å². The second-order valence-corrected chi connectivity index (χ2v) is 9.72. The minimum atomic E-state index is -0.793. The highest BCUT2D eigenvalue weighted by Crippen LogP contribution is 2.28. The minimum absolute atomic E-state index is 0.0937. The number of carbonyl (C=O) groups is 3. The van der Waals surface area contributed by atoms with Crippen molar-refractivity contribution < 1.29 is 29.3 Å². The lowest BCUT2D eigenvalue weighted by Crippen LogP contribution is -2.25. The maximum Gasteiger partial charge on any atom is 0.330 e. The van der Waals surface area contributed by atoms with Gasteiger partial charge in [-0.3, -0.25) is 9.59 Å². The predicted molar refractivity (Wildman–Crippen MR) is 132 cm³/mol. The van der Waals surface area contributed by atoms with E-state index < -0.39 is 11.9 Å². The number of carboxylic acids is 2. The molecule has 1 atom stereocenters. The highest BCUT2D eigenvalue weighted by molar-refractivity contribution is 5.81. The van der Waals surface area contributed by atoms with E-state index in [0.29, 0.717) is 25.7 Å². The first-order valence-corrected chi connectivity index (χ1v) is 13.0. The average molecular weight is 469 g/mol. The summed E-state index contributed by atoms with van der Waals surface area (Å²) in [4.78, 5) is 32.4. The molecule has 0 aliphatic heterocycles. The van der Waals surface area contributed by atoms with Gasteiger partial charge in [-0.1, -0.05) is 72.3 Å². The van der Waals surface area contributed by atoms with Crippen LogP contribution in [0.2, 0.25) is 0 Å². The van der Waals surface area contributed by atoms with Crippen molar-refractivity contribution in [3.63, 3.8) is 0 Å². The van der Waals surface area contributed by atoms with Crippen LogP contribution in [0.4, 0.5) is 0 Å². The summed E-state index contributed by atoms with van der Waals surface area (Å²) in [6, 6.07) is 0. The Balaban J connectivity index is 0.000000716. The van der Waals surface area contributed by atoms with Gasteiger partial charge in [-0.15, -0.1) is 0 Å². The Bertz CT molecular complexity index is 527. The zero-order valence-electron chi connectivity index (χ0n) is 21.2. The Morgan fingerprint density at radius 2 is 1.24 bits per heavy atom. The van der Waals surface area contributed by atoms with E-state index >= 15 is 0 Å². The average Bonchev–Trinajstić information content (AvgIpc) is 2.78. The predicted octanol–water partition coefficient (Wildman–Crippen LogP) is 7.01. The van der Waals surface area contributed by atoms with Gasteiger partial charge in [-0.25, -0.2) is 4.79 Å². The van der Waals surface area contributed by atoms with Crippen LogP contribution in [-0.4, -0.2) is 34.2 Å². The van der Waals surface area contributed by atoms with Gasteiger partial charge in [0.2, 0.25) is 0 Å². The van der Waals surface area contributed by atoms with Crippen LogP contribution in [0.15, 0.2) is 12.7 Å². The van der Waals surface area contributed by atoms with E-state index in [-0.39, 0.29) is 23.9 Å². The molecule has 0 spiro atoms. The van der Waals surface area contributed by atoms with Crippen LogP contribution in [-0.2, 0) is 19.1 Å². The van der Waals surface area contributed by atoms with E-state index in [1.165, 1.54) is 57.4 Å². The maximum absolute atomic E-state index is 11.4. The molecule has 1 unspecified atom stereocenters. The zero-order valence-corrected chi connectivity index (χ0v) is 21.2. The minimum Gasteiger partial charge on any atom is -0.481 e. The van der Waals surface area contributed by atoms with Crippen LogP contribution < -0.4 is 0 Å². The van der Waals surface area contributed by atoms with Crippen molar-refractivity contribution in [3.05, 3.63) is 12.7 Å². The maximum atomic E-state index is 11.4.